The van der Waals surface area contributed by atoms with Gasteiger partial charge in [-0.2, -0.15) is 5.10 Å². The number of carbonyl (C=O) groups is 1. The summed E-state index contributed by atoms with van der Waals surface area (Å²) in [5.41, 5.74) is 3.24. The summed E-state index contributed by atoms with van der Waals surface area (Å²) in [5.74, 6) is 0.525. The van der Waals surface area contributed by atoms with Crippen molar-refractivity contribution in [3.8, 4) is 11.4 Å². The van der Waals surface area contributed by atoms with Gasteiger partial charge in [-0.1, -0.05) is 6.07 Å². The van der Waals surface area contributed by atoms with Crippen LogP contribution in [-0.2, 0) is 7.05 Å². The van der Waals surface area contributed by atoms with Crippen molar-refractivity contribution in [2.24, 2.45) is 7.05 Å². The number of pyridine rings is 1. The van der Waals surface area contributed by atoms with Gasteiger partial charge in [0.05, 0.1) is 5.56 Å². The number of hydrogen-bond donors (Lipinski definition) is 1. The Morgan fingerprint density at radius 3 is 2.67 bits per heavy atom. The van der Waals surface area contributed by atoms with Crippen LogP contribution in [-0.4, -0.2) is 25.1 Å². The van der Waals surface area contributed by atoms with E-state index in [9.17, 15) is 4.79 Å². The predicted molar refractivity (Wildman–Crippen MR) is 91.8 cm³/mol. The Kier molecular flexibility index (Phi) is 3.35. The first-order chi connectivity index (χ1) is 11.7. The van der Waals surface area contributed by atoms with E-state index >= 15 is 0 Å². The van der Waals surface area contributed by atoms with Gasteiger partial charge in [0, 0.05) is 36.2 Å². The normalized spacial score (nSPS) is 10.9. The summed E-state index contributed by atoms with van der Waals surface area (Å²) in [6.07, 6.45) is 5.39. The highest BCUT2D eigenvalue weighted by atomic mass is 16.1. The topological polar surface area (TPSA) is 64.2 Å². The highest BCUT2D eigenvalue weighted by Crippen LogP contribution is 2.18. The second kappa shape index (κ2) is 5.66. The summed E-state index contributed by atoms with van der Waals surface area (Å²) in [6.45, 7) is 0. The summed E-state index contributed by atoms with van der Waals surface area (Å²) >= 11 is 0. The van der Waals surface area contributed by atoms with Gasteiger partial charge in [-0.25, -0.2) is 4.98 Å². The van der Waals surface area contributed by atoms with Gasteiger partial charge in [0.2, 0.25) is 0 Å². The van der Waals surface area contributed by atoms with E-state index < -0.39 is 0 Å². The van der Waals surface area contributed by atoms with Gasteiger partial charge in [0.25, 0.3) is 5.91 Å². The van der Waals surface area contributed by atoms with Crippen LogP contribution < -0.4 is 5.32 Å². The van der Waals surface area contributed by atoms with Crippen molar-refractivity contribution >= 4 is 17.1 Å². The molecule has 1 aromatic carbocycles. The van der Waals surface area contributed by atoms with Crippen molar-refractivity contribution in [3.63, 3.8) is 0 Å². The second-order valence-corrected chi connectivity index (χ2v) is 5.53. The largest absolute Gasteiger partial charge is 0.323 e. The quantitative estimate of drug-likeness (QED) is 0.632. The Balaban J connectivity index is 1.53. The molecule has 3 heterocycles. The standard InChI is InChI=1S/C18H15N5O/c1-22-12-19-17(21-22)13-5-7-15(8-6-13)20-18(24)14-10-16-4-2-3-9-23(16)11-14/h2-12H,1H3,(H,20,24). The summed E-state index contributed by atoms with van der Waals surface area (Å²) in [6, 6.07) is 15.2. The Bertz CT molecular complexity index is 980. The average Bonchev–Trinajstić information content (AvgIpc) is 3.21. The van der Waals surface area contributed by atoms with Crippen molar-refractivity contribution in [2.75, 3.05) is 5.32 Å². The van der Waals surface area contributed by atoms with Crippen molar-refractivity contribution in [1.29, 1.82) is 0 Å². The molecule has 24 heavy (non-hydrogen) atoms. The lowest BCUT2D eigenvalue weighted by molar-refractivity contribution is 0.102. The van der Waals surface area contributed by atoms with E-state index in [-0.39, 0.29) is 5.91 Å². The maximum atomic E-state index is 12.4. The number of hydrogen-bond acceptors (Lipinski definition) is 3. The number of aromatic nitrogens is 4. The van der Waals surface area contributed by atoms with E-state index in [4.69, 9.17) is 0 Å². The molecule has 6 nitrogen and oxygen atoms in total. The molecule has 4 aromatic rings. The Labute approximate surface area is 138 Å². The molecule has 0 aliphatic carbocycles. The first-order valence-electron chi connectivity index (χ1n) is 7.53. The number of nitrogens with zero attached hydrogens (tertiary/aromatic N) is 4. The third kappa shape index (κ3) is 2.65. The van der Waals surface area contributed by atoms with Crippen LogP contribution >= 0.6 is 0 Å². The average molecular weight is 317 g/mol. The Hall–Kier alpha value is -3.41. The molecule has 0 unspecified atom stereocenters. The Morgan fingerprint density at radius 2 is 1.96 bits per heavy atom. The smallest absolute Gasteiger partial charge is 0.257 e. The van der Waals surface area contributed by atoms with Crippen LogP contribution in [0.25, 0.3) is 16.9 Å². The molecule has 0 aliphatic rings. The fourth-order valence-electron chi connectivity index (χ4n) is 2.56. The molecule has 0 bridgehead atoms. The van der Waals surface area contributed by atoms with Crippen LogP contribution in [0.15, 0.2) is 67.3 Å². The summed E-state index contributed by atoms with van der Waals surface area (Å²) < 4.78 is 3.58. The van der Waals surface area contributed by atoms with E-state index in [0.717, 1.165) is 16.8 Å². The number of anilines is 1. The molecule has 3 aromatic heterocycles. The van der Waals surface area contributed by atoms with Crippen LogP contribution in [0, 0.1) is 0 Å². The van der Waals surface area contributed by atoms with Crippen LogP contribution in [0.5, 0.6) is 0 Å². The number of benzene rings is 1. The lowest BCUT2D eigenvalue weighted by Gasteiger charge is -2.04. The van der Waals surface area contributed by atoms with E-state index in [1.165, 1.54) is 0 Å². The zero-order valence-corrected chi connectivity index (χ0v) is 13.0. The van der Waals surface area contributed by atoms with Gasteiger partial charge in [0.1, 0.15) is 6.33 Å². The van der Waals surface area contributed by atoms with E-state index in [1.54, 1.807) is 11.0 Å². The van der Waals surface area contributed by atoms with Crippen LogP contribution in [0.1, 0.15) is 10.4 Å². The van der Waals surface area contributed by atoms with Crippen LogP contribution in [0.2, 0.25) is 0 Å². The highest BCUT2D eigenvalue weighted by molar-refractivity contribution is 6.05. The molecule has 0 spiro atoms. The summed E-state index contributed by atoms with van der Waals surface area (Å²) in [4.78, 5) is 16.6. The molecular formula is C18H15N5O. The molecule has 118 valence electrons. The zero-order valence-electron chi connectivity index (χ0n) is 13.0. The molecule has 0 aliphatic heterocycles. The lowest BCUT2D eigenvalue weighted by atomic mass is 10.2. The Morgan fingerprint density at radius 1 is 1.12 bits per heavy atom. The second-order valence-electron chi connectivity index (χ2n) is 5.53. The van der Waals surface area contributed by atoms with Crippen molar-refractivity contribution < 1.29 is 4.79 Å². The third-order valence-corrected chi connectivity index (χ3v) is 3.77. The van der Waals surface area contributed by atoms with Gasteiger partial charge in [0.15, 0.2) is 5.82 Å². The molecule has 6 heteroatoms. The molecular weight excluding hydrogens is 302 g/mol. The zero-order chi connectivity index (χ0) is 16.5. The molecule has 0 atom stereocenters. The fourth-order valence-corrected chi connectivity index (χ4v) is 2.56. The fraction of sp³-hybridized carbons (Fsp3) is 0.0556. The number of nitrogens with one attached hydrogen (secondary N) is 1. The molecule has 4 rings (SSSR count). The maximum absolute atomic E-state index is 12.4. The third-order valence-electron chi connectivity index (χ3n) is 3.77. The molecule has 0 saturated carbocycles. The summed E-state index contributed by atoms with van der Waals surface area (Å²) in [7, 11) is 1.83. The predicted octanol–water partition coefficient (Wildman–Crippen LogP) is 2.99. The van der Waals surface area contributed by atoms with E-state index in [0.29, 0.717) is 11.4 Å². The SMILES string of the molecule is Cn1cnc(-c2ccc(NC(=O)c3cc4ccccn4c3)cc2)n1. The number of carbonyl (C=O) groups excluding carboxylic acids is 1. The van der Waals surface area contributed by atoms with Gasteiger partial charge in [-0.15, -0.1) is 0 Å². The summed E-state index contributed by atoms with van der Waals surface area (Å²) in [5, 5.41) is 7.16. The van der Waals surface area contributed by atoms with Gasteiger partial charge in [-0.3, -0.25) is 9.48 Å². The number of rotatable bonds is 3. The lowest BCUT2D eigenvalue weighted by Crippen LogP contribution is -2.10. The minimum atomic E-state index is -0.137. The van der Waals surface area contributed by atoms with Crippen LogP contribution in [0.4, 0.5) is 5.69 Å². The highest BCUT2D eigenvalue weighted by Gasteiger charge is 2.09. The molecule has 1 N–H and O–H groups in total. The van der Waals surface area contributed by atoms with E-state index in [1.807, 2.05) is 72.4 Å². The maximum Gasteiger partial charge on any atom is 0.257 e. The first kappa shape index (κ1) is 14.2. The van der Waals surface area contributed by atoms with Gasteiger partial charge >= 0.3 is 0 Å². The number of fused-ring (bicyclic) bond motifs is 1. The minimum absolute atomic E-state index is 0.137. The number of amides is 1. The number of aryl methyl sites for hydroxylation is 1. The van der Waals surface area contributed by atoms with Crippen LogP contribution in [0.3, 0.4) is 0 Å². The molecule has 0 radical (unpaired) electrons. The van der Waals surface area contributed by atoms with Crippen molar-refractivity contribution in [2.45, 2.75) is 0 Å². The van der Waals surface area contributed by atoms with Gasteiger partial charge < -0.3 is 9.72 Å². The molecule has 0 fully saturated rings. The van der Waals surface area contributed by atoms with Gasteiger partial charge in [-0.05, 0) is 42.5 Å². The van der Waals surface area contributed by atoms with E-state index in [2.05, 4.69) is 15.4 Å². The first-order valence-corrected chi connectivity index (χ1v) is 7.53. The van der Waals surface area contributed by atoms with Crippen molar-refractivity contribution in [1.82, 2.24) is 19.2 Å². The monoisotopic (exact) mass is 317 g/mol. The van der Waals surface area contributed by atoms with Crippen molar-refractivity contribution in [3.05, 3.63) is 72.8 Å². The molecule has 1 amide bonds. The minimum Gasteiger partial charge on any atom is -0.323 e. The molecule has 0 saturated heterocycles.